The fourth-order valence-electron chi connectivity index (χ4n) is 4.84. The standard InChI is InChI=1S/C26H36F3N5O7S/c1-26(2,39)23(24(38)32(3)4-5-33-6-8-40-9-7-33)42-25-22(37)20(21(36)18(13-35)41-25)34-12-17(30-31-34)14-10-15(27)19(29)16(28)11-14/h10-12,18,20-23,25,35-37,39H,4-9,13H2,1-3H3/t18-,20+,21+,22-,23?,25+/m1/s1. The minimum atomic E-state index is -1.64. The smallest absolute Gasteiger partial charge is 0.238 e. The number of amides is 1. The van der Waals surface area contributed by atoms with Crippen molar-refractivity contribution < 1.29 is 47.9 Å². The maximum atomic E-state index is 13.8. The molecule has 2 aromatic rings. The summed E-state index contributed by atoms with van der Waals surface area (Å²) in [5.41, 5.74) is -2.99. The molecule has 1 amide bonds. The van der Waals surface area contributed by atoms with Gasteiger partial charge in [0.25, 0.3) is 0 Å². The Labute approximate surface area is 245 Å². The molecular formula is C26H36F3N5O7S. The third kappa shape index (κ3) is 7.24. The molecule has 0 aliphatic carbocycles. The molecule has 0 spiro atoms. The summed E-state index contributed by atoms with van der Waals surface area (Å²) in [6.45, 7) is 5.95. The van der Waals surface area contributed by atoms with Gasteiger partial charge >= 0.3 is 0 Å². The van der Waals surface area contributed by atoms with Gasteiger partial charge in [0.15, 0.2) is 17.5 Å². The van der Waals surface area contributed by atoms with E-state index in [4.69, 9.17) is 9.47 Å². The number of rotatable bonds is 10. The molecule has 4 rings (SSSR count). The van der Waals surface area contributed by atoms with E-state index in [1.165, 1.54) is 24.9 Å². The van der Waals surface area contributed by atoms with Gasteiger partial charge in [-0.1, -0.05) is 5.21 Å². The molecule has 42 heavy (non-hydrogen) atoms. The molecule has 2 aliphatic heterocycles. The van der Waals surface area contributed by atoms with Crippen molar-refractivity contribution in [3.63, 3.8) is 0 Å². The number of aliphatic hydroxyl groups excluding tert-OH is 3. The maximum Gasteiger partial charge on any atom is 0.238 e. The fourth-order valence-corrected chi connectivity index (χ4v) is 6.26. The number of likely N-dealkylation sites (N-methyl/N-ethyl adjacent to an activating group) is 1. The second kappa shape index (κ2) is 13.5. The van der Waals surface area contributed by atoms with Gasteiger partial charge in [0.2, 0.25) is 5.91 Å². The van der Waals surface area contributed by atoms with Crippen molar-refractivity contribution in [2.45, 2.75) is 54.5 Å². The van der Waals surface area contributed by atoms with Crippen LogP contribution >= 0.6 is 11.8 Å². The number of hydrogen-bond acceptors (Lipinski definition) is 11. The van der Waals surface area contributed by atoms with E-state index in [2.05, 4.69) is 15.2 Å². The first-order valence-corrected chi connectivity index (χ1v) is 14.4. The summed E-state index contributed by atoms with van der Waals surface area (Å²) < 4.78 is 53.2. The van der Waals surface area contributed by atoms with Crippen molar-refractivity contribution in [1.29, 1.82) is 0 Å². The van der Waals surface area contributed by atoms with Crippen molar-refractivity contribution in [3.05, 3.63) is 35.8 Å². The maximum absolute atomic E-state index is 13.8. The zero-order valence-corrected chi connectivity index (χ0v) is 24.3. The normalized spacial score (nSPS) is 26.3. The van der Waals surface area contributed by atoms with E-state index in [0.29, 0.717) is 26.3 Å². The molecule has 12 nitrogen and oxygen atoms in total. The van der Waals surface area contributed by atoms with E-state index in [1.807, 2.05) is 0 Å². The Morgan fingerprint density at radius 2 is 1.83 bits per heavy atom. The molecule has 234 valence electrons. The van der Waals surface area contributed by atoms with Crippen LogP contribution in [0.3, 0.4) is 0 Å². The van der Waals surface area contributed by atoms with Crippen LogP contribution in [0.5, 0.6) is 0 Å². The van der Waals surface area contributed by atoms with Crippen LogP contribution in [-0.2, 0) is 14.3 Å². The van der Waals surface area contributed by atoms with Gasteiger partial charge in [0.1, 0.15) is 40.7 Å². The van der Waals surface area contributed by atoms with E-state index >= 15 is 0 Å². The molecule has 0 saturated carbocycles. The fraction of sp³-hybridized carbons (Fsp3) is 0.654. The predicted octanol–water partition coefficient (Wildman–Crippen LogP) is 0.00580. The first-order chi connectivity index (χ1) is 19.8. The lowest BCUT2D eigenvalue weighted by atomic mass is 9.97. The monoisotopic (exact) mass is 619 g/mol. The Morgan fingerprint density at radius 1 is 1.19 bits per heavy atom. The highest BCUT2D eigenvalue weighted by Gasteiger charge is 2.49. The number of morpholine rings is 1. The summed E-state index contributed by atoms with van der Waals surface area (Å²) >= 11 is 0.835. The third-order valence-electron chi connectivity index (χ3n) is 7.31. The number of thioether (sulfide) groups is 1. The number of nitrogens with zero attached hydrogens (tertiary/aromatic N) is 5. The minimum absolute atomic E-state index is 0.0742. The minimum Gasteiger partial charge on any atom is -0.394 e. The van der Waals surface area contributed by atoms with Gasteiger partial charge in [-0.2, -0.15) is 0 Å². The number of carbonyl (C=O) groups excluding carboxylic acids is 1. The van der Waals surface area contributed by atoms with E-state index < -0.39 is 70.6 Å². The van der Waals surface area contributed by atoms with E-state index in [0.717, 1.165) is 41.7 Å². The van der Waals surface area contributed by atoms with Crippen molar-refractivity contribution >= 4 is 17.7 Å². The SMILES string of the molecule is CN(CCN1CCOCC1)C(=O)C(S[C@@H]1O[C@H](CO)[C@H](O)[C@H](n2cc(-c3cc(F)c(F)c(F)c3)nn2)[C@H]1O)C(C)(C)O. The van der Waals surface area contributed by atoms with Crippen LogP contribution in [0, 0.1) is 17.5 Å². The third-order valence-corrected chi connectivity index (χ3v) is 9.02. The average Bonchev–Trinajstić information content (AvgIpc) is 3.43. The van der Waals surface area contributed by atoms with Crippen LogP contribution in [0.25, 0.3) is 11.3 Å². The molecule has 6 atom stereocenters. The van der Waals surface area contributed by atoms with Crippen LogP contribution in [0.15, 0.2) is 18.3 Å². The van der Waals surface area contributed by atoms with Crippen LogP contribution in [-0.4, -0.2) is 139 Å². The number of aromatic nitrogens is 3. The molecule has 0 bridgehead atoms. The highest BCUT2D eigenvalue weighted by atomic mass is 32.2. The number of aliphatic hydroxyl groups is 4. The summed E-state index contributed by atoms with van der Waals surface area (Å²) in [6.07, 6.45) is -3.07. The number of hydrogen-bond donors (Lipinski definition) is 4. The highest BCUT2D eigenvalue weighted by molar-refractivity contribution is 8.01. The topological polar surface area (TPSA) is 154 Å². The molecule has 1 aromatic carbocycles. The molecule has 16 heteroatoms. The largest absolute Gasteiger partial charge is 0.394 e. The van der Waals surface area contributed by atoms with Crippen molar-refractivity contribution in [2.24, 2.45) is 0 Å². The molecular weight excluding hydrogens is 583 g/mol. The summed E-state index contributed by atoms with van der Waals surface area (Å²) in [4.78, 5) is 17.1. The zero-order valence-electron chi connectivity index (χ0n) is 23.4. The molecule has 4 N–H and O–H groups in total. The zero-order chi connectivity index (χ0) is 30.8. The molecule has 2 aliphatic rings. The Bertz CT molecular complexity index is 1210. The quantitative estimate of drug-likeness (QED) is 0.266. The van der Waals surface area contributed by atoms with Gasteiger partial charge in [0, 0.05) is 38.8 Å². The van der Waals surface area contributed by atoms with Gasteiger partial charge in [-0.15, -0.1) is 16.9 Å². The van der Waals surface area contributed by atoms with Crippen LogP contribution in [0.1, 0.15) is 19.9 Å². The second-order valence-corrected chi connectivity index (χ2v) is 12.1. The van der Waals surface area contributed by atoms with Gasteiger partial charge in [-0.3, -0.25) is 9.69 Å². The number of benzene rings is 1. The van der Waals surface area contributed by atoms with E-state index in [-0.39, 0.29) is 11.3 Å². The van der Waals surface area contributed by atoms with Crippen LogP contribution in [0.4, 0.5) is 13.2 Å². The Balaban J connectivity index is 1.54. The number of ether oxygens (including phenoxy) is 2. The molecule has 1 unspecified atom stereocenters. The summed E-state index contributed by atoms with van der Waals surface area (Å²) in [5.74, 6) is -4.92. The molecule has 2 fully saturated rings. The molecule has 1 aromatic heterocycles. The number of carbonyl (C=O) groups is 1. The van der Waals surface area contributed by atoms with Gasteiger partial charge < -0.3 is 34.8 Å². The Kier molecular flexibility index (Phi) is 10.5. The summed E-state index contributed by atoms with van der Waals surface area (Å²) in [6, 6.07) is 0.184. The van der Waals surface area contributed by atoms with Gasteiger partial charge in [-0.25, -0.2) is 17.9 Å². The highest BCUT2D eigenvalue weighted by Crippen LogP contribution is 2.39. The lowest BCUT2D eigenvalue weighted by molar-refractivity contribution is -0.179. The van der Waals surface area contributed by atoms with Crippen LogP contribution < -0.4 is 0 Å². The second-order valence-electron chi connectivity index (χ2n) is 10.9. The van der Waals surface area contributed by atoms with Crippen molar-refractivity contribution in [3.8, 4) is 11.3 Å². The van der Waals surface area contributed by atoms with Crippen LogP contribution in [0.2, 0.25) is 0 Å². The number of halogens is 3. The van der Waals surface area contributed by atoms with Gasteiger partial charge in [0.05, 0.1) is 31.6 Å². The van der Waals surface area contributed by atoms with Crippen molar-refractivity contribution in [1.82, 2.24) is 24.8 Å². The summed E-state index contributed by atoms with van der Waals surface area (Å²) in [5, 5.41) is 49.7. The van der Waals surface area contributed by atoms with Crippen molar-refractivity contribution in [2.75, 3.05) is 53.0 Å². The van der Waals surface area contributed by atoms with Gasteiger partial charge in [-0.05, 0) is 26.0 Å². The molecule has 2 saturated heterocycles. The molecule has 0 radical (unpaired) electrons. The summed E-state index contributed by atoms with van der Waals surface area (Å²) in [7, 11) is 1.61. The average molecular weight is 620 g/mol. The lowest BCUT2D eigenvalue weighted by Gasteiger charge is -2.44. The lowest BCUT2D eigenvalue weighted by Crippen LogP contribution is -2.57. The van der Waals surface area contributed by atoms with E-state index in [9.17, 15) is 38.4 Å². The first-order valence-electron chi connectivity index (χ1n) is 13.4. The Hall–Kier alpha value is -2.31. The molecule has 3 heterocycles. The Morgan fingerprint density at radius 3 is 2.43 bits per heavy atom. The first kappa shape index (κ1) is 32.6. The van der Waals surface area contributed by atoms with E-state index in [1.54, 1.807) is 7.05 Å². The predicted molar refractivity (Wildman–Crippen MR) is 145 cm³/mol.